The molecule has 6 heteroatoms. The van der Waals surface area contributed by atoms with Crippen molar-refractivity contribution in [2.45, 2.75) is 30.1 Å². The number of nitrogens with zero attached hydrogens (tertiary/aromatic N) is 4. The summed E-state index contributed by atoms with van der Waals surface area (Å²) in [5.74, 6) is 0. The predicted octanol–water partition coefficient (Wildman–Crippen LogP) is 31.2. The number of para-hydroxylation sites is 2. The molecule has 2 heterocycles. The molecule has 0 atom stereocenters. The van der Waals surface area contributed by atoms with Crippen LogP contribution in [0.4, 0.5) is 34.1 Å². The molecular formula is C127H84N4O2. The van der Waals surface area contributed by atoms with Gasteiger partial charge in [0.25, 0.3) is 11.1 Å². The van der Waals surface area contributed by atoms with Crippen LogP contribution in [0.5, 0.6) is 0 Å². The van der Waals surface area contributed by atoms with E-state index in [1.165, 1.54) is 122 Å². The zero-order chi connectivity index (χ0) is 88.4. The Morgan fingerprint density at radius 2 is 0.474 bits per heavy atom. The second-order valence-electron chi connectivity index (χ2n) is 36.3. The van der Waals surface area contributed by atoms with Crippen molar-refractivity contribution in [2.75, 3.05) is 9.80 Å². The molecule has 0 radical (unpaired) electrons. The number of hydrogen-bond acceptors (Lipinski definition) is 4. The van der Waals surface area contributed by atoms with Crippen molar-refractivity contribution < 1.29 is 0 Å². The molecule has 0 aliphatic heterocycles. The second-order valence-corrected chi connectivity index (χ2v) is 36.3. The topological polar surface area (TPSA) is 50.5 Å². The van der Waals surface area contributed by atoms with Gasteiger partial charge in [-0.05, 0) is 266 Å². The third-order valence-corrected chi connectivity index (χ3v) is 29.3. The maximum atomic E-state index is 14.1. The minimum atomic E-state index is -0.460. The van der Waals surface area contributed by atoms with Gasteiger partial charge in [0.2, 0.25) is 0 Å². The first-order chi connectivity index (χ1) is 65.6. The highest BCUT2D eigenvalue weighted by molar-refractivity contribution is 6.11. The summed E-state index contributed by atoms with van der Waals surface area (Å²) in [5, 5.41) is 5.38. The number of benzene rings is 20. The number of aromatic nitrogens is 2. The van der Waals surface area contributed by atoms with Crippen LogP contribution in [0.25, 0.3) is 144 Å². The summed E-state index contributed by atoms with van der Waals surface area (Å²) in [6, 6.07) is 170. The van der Waals surface area contributed by atoms with Gasteiger partial charge >= 0.3 is 0 Å². The second kappa shape index (κ2) is 30.0. The van der Waals surface area contributed by atoms with Gasteiger partial charge in [-0.15, -0.1) is 0 Å². The molecule has 133 heavy (non-hydrogen) atoms. The fraction of sp³-hybridized carbons (Fsp3) is 0.0394. The Hall–Kier alpha value is -17.1. The van der Waals surface area contributed by atoms with Gasteiger partial charge in [-0.3, -0.25) is 18.7 Å². The Bertz CT molecular complexity index is 8620. The molecule has 22 aromatic rings. The van der Waals surface area contributed by atoms with E-state index in [1.807, 2.05) is 106 Å². The van der Waals surface area contributed by atoms with Gasteiger partial charge < -0.3 is 9.80 Å². The van der Waals surface area contributed by atoms with Gasteiger partial charge in [0.1, 0.15) is 0 Å². The Morgan fingerprint density at radius 1 is 0.195 bits per heavy atom. The van der Waals surface area contributed by atoms with Crippen molar-refractivity contribution in [3.63, 3.8) is 0 Å². The Balaban J connectivity index is 0.000000139. The third-order valence-electron chi connectivity index (χ3n) is 29.3. The molecule has 0 bridgehead atoms. The van der Waals surface area contributed by atoms with Gasteiger partial charge in [0, 0.05) is 72.2 Å². The Morgan fingerprint density at radius 3 is 0.872 bits per heavy atom. The van der Waals surface area contributed by atoms with Gasteiger partial charge in [0.05, 0.1) is 33.2 Å². The number of rotatable bonds is 11. The van der Waals surface area contributed by atoms with Gasteiger partial charge in [-0.2, -0.15) is 0 Å². The highest BCUT2D eigenvalue weighted by Gasteiger charge is 2.54. The number of fused-ring (bicyclic) bond motifs is 29. The summed E-state index contributed by atoms with van der Waals surface area (Å²) in [6.07, 6.45) is 0. The molecule has 0 saturated carbocycles. The highest BCUT2D eigenvalue weighted by Crippen LogP contribution is 2.67. The SMILES string of the molecule is CC1(C)c2ccccc2-c2ccc(N(c3ccc(-c4ccc5c(c4)c4ccccc4c(=O)n5-c4ccccc4)cc3)c3cccc4c3-c3ccccc3C43c4ccccc4-c4ccccc43)cc21.O=c1c2ccccc2c2cc(-c3ccc(N(c4ccc(-c5ccccc5)cc4)c4cccc5c4-c4ccccc4C54c5ccccc5-c5ccccc54)cc3)ccc2n1-c1ccccc1. The van der Waals surface area contributed by atoms with Crippen molar-refractivity contribution >= 4 is 77.5 Å². The van der Waals surface area contributed by atoms with Gasteiger partial charge in [-0.25, -0.2) is 0 Å². The summed E-state index contributed by atoms with van der Waals surface area (Å²) >= 11 is 0. The van der Waals surface area contributed by atoms with Crippen LogP contribution in [0.2, 0.25) is 0 Å². The van der Waals surface area contributed by atoms with E-state index in [0.29, 0.717) is 10.8 Å². The molecule has 5 aliphatic carbocycles. The Kier molecular flexibility index (Phi) is 17.4. The molecule has 624 valence electrons. The Labute approximate surface area is 771 Å². The maximum Gasteiger partial charge on any atom is 0.263 e. The summed E-state index contributed by atoms with van der Waals surface area (Å²) in [5.41, 5.74) is 41.8. The highest BCUT2D eigenvalue weighted by atomic mass is 16.1. The van der Waals surface area contributed by atoms with Crippen LogP contribution in [0, 0.1) is 0 Å². The molecule has 2 aromatic heterocycles. The van der Waals surface area contributed by atoms with Crippen LogP contribution in [-0.2, 0) is 16.2 Å². The van der Waals surface area contributed by atoms with E-state index in [-0.39, 0.29) is 16.5 Å². The molecule has 20 aromatic carbocycles. The standard InChI is InChI=1S/C65H44N2O.C62H40N2O/c1-64(2)54-25-12-8-20-47(54)50-37-36-45(40-59(50)64)66(61-30-16-29-58-62(61)52-24-11-15-28-57(52)65(58)55-26-13-9-21-48(55)49-22-10-14-27-56(49)65)44-34-31-41(32-35-44)42-33-38-60-53(39-42)46-19-6-7-23-51(46)63(68)67(60)43-17-4-3-5-18-43;65-61-51-23-8-7-20-48(51)53-40-44(34-39-58(53)64(61)45-18-5-2-6-19-45)43-32-37-47(38-33-43)63(46-35-30-42(31-36-46)41-16-3-1-4-17-41)59-29-15-28-57-60(59)52-24-11-14-27-56(52)62(57)54-25-12-9-21-49(54)50-22-10-13-26-55(50)62/h3-40H,1-2H3;1-40H. The van der Waals surface area contributed by atoms with Gasteiger partial charge in [0.15, 0.2) is 0 Å². The number of anilines is 6. The van der Waals surface area contributed by atoms with E-state index in [0.717, 1.165) is 100 Å². The summed E-state index contributed by atoms with van der Waals surface area (Å²) in [6.45, 7) is 4.73. The fourth-order valence-electron chi connectivity index (χ4n) is 23.5. The zero-order valence-electron chi connectivity index (χ0n) is 73.1. The van der Waals surface area contributed by atoms with Crippen molar-refractivity contribution in [1.29, 1.82) is 0 Å². The summed E-state index contributed by atoms with van der Waals surface area (Å²) < 4.78 is 3.69. The minimum absolute atomic E-state index is 0.0161. The number of pyridine rings is 2. The first kappa shape index (κ1) is 77.1. The van der Waals surface area contributed by atoms with E-state index in [4.69, 9.17) is 0 Å². The molecular weight excluding hydrogens is 1610 g/mol. The van der Waals surface area contributed by atoms with Crippen molar-refractivity contribution in [1.82, 2.24) is 9.13 Å². The number of hydrogen-bond donors (Lipinski definition) is 0. The van der Waals surface area contributed by atoms with E-state index in [2.05, 4.69) is 400 Å². The quantitative estimate of drug-likeness (QED) is 0.121. The lowest BCUT2D eigenvalue weighted by atomic mass is 9.70. The molecule has 5 aliphatic rings. The van der Waals surface area contributed by atoms with Crippen LogP contribution in [0.3, 0.4) is 0 Å². The van der Waals surface area contributed by atoms with Crippen LogP contribution < -0.4 is 20.9 Å². The van der Waals surface area contributed by atoms with Crippen LogP contribution in [-0.4, -0.2) is 9.13 Å². The molecule has 27 rings (SSSR count). The molecule has 0 amide bonds. The molecule has 0 fully saturated rings. The summed E-state index contributed by atoms with van der Waals surface area (Å²) in [4.78, 5) is 33.0. The first-order valence-electron chi connectivity index (χ1n) is 45.9. The van der Waals surface area contributed by atoms with Crippen LogP contribution in [0.15, 0.2) is 483 Å². The molecule has 6 nitrogen and oxygen atoms in total. The predicted molar refractivity (Wildman–Crippen MR) is 550 cm³/mol. The van der Waals surface area contributed by atoms with Crippen LogP contribution >= 0.6 is 0 Å². The van der Waals surface area contributed by atoms with Crippen molar-refractivity contribution in [3.05, 3.63) is 550 Å². The zero-order valence-corrected chi connectivity index (χ0v) is 73.1. The lowest BCUT2D eigenvalue weighted by Gasteiger charge is -2.32. The lowest BCUT2D eigenvalue weighted by Crippen LogP contribution is -2.26. The van der Waals surface area contributed by atoms with Crippen LogP contribution in [0.1, 0.15) is 69.5 Å². The van der Waals surface area contributed by atoms with Crippen molar-refractivity contribution in [3.8, 4) is 100 Å². The van der Waals surface area contributed by atoms with E-state index >= 15 is 0 Å². The third kappa shape index (κ3) is 11.4. The average molecular weight is 1700 g/mol. The van der Waals surface area contributed by atoms with Gasteiger partial charge in [-0.1, -0.05) is 366 Å². The maximum absolute atomic E-state index is 14.1. The van der Waals surface area contributed by atoms with Crippen molar-refractivity contribution in [2.24, 2.45) is 0 Å². The molecule has 0 unspecified atom stereocenters. The van der Waals surface area contributed by atoms with E-state index in [1.54, 1.807) is 0 Å². The van der Waals surface area contributed by atoms with E-state index in [9.17, 15) is 9.59 Å². The average Bonchev–Trinajstić information content (AvgIpc) is 1.51. The molecule has 0 N–H and O–H groups in total. The normalized spacial score (nSPS) is 13.4. The lowest BCUT2D eigenvalue weighted by molar-refractivity contribution is 0.660. The summed E-state index contributed by atoms with van der Waals surface area (Å²) in [7, 11) is 0. The minimum Gasteiger partial charge on any atom is -0.310 e. The fourth-order valence-corrected chi connectivity index (χ4v) is 23.5. The first-order valence-corrected chi connectivity index (χ1v) is 45.9. The molecule has 2 spiro atoms. The monoisotopic (exact) mass is 1700 g/mol. The molecule has 0 saturated heterocycles. The smallest absolute Gasteiger partial charge is 0.263 e. The largest absolute Gasteiger partial charge is 0.310 e. The van der Waals surface area contributed by atoms with E-state index < -0.39 is 10.8 Å².